The largest absolute Gasteiger partial charge is 0.475 e. The molecule has 5 nitrogen and oxygen atoms in total. The van der Waals surface area contributed by atoms with Crippen LogP contribution in [0.1, 0.15) is 26.7 Å². The first kappa shape index (κ1) is 13.9. The fraction of sp³-hybridized carbons (Fsp3) is 0.0909. The van der Waals surface area contributed by atoms with Crippen LogP contribution in [0.15, 0.2) is 22.6 Å². The summed E-state index contributed by atoms with van der Waals surface area (Å²) in [6.07, 6.45) is 0. The van der Waals surface area contributed by atoms with E-state index < -0.39 is 11.9 Å². The first-order chi connectivity index (χ1) is 8.97. The van der Waals surface area contributed by atoms with Gasteiger partial charge in [0.15, 0.2) is 0 Å². The van der Waals surface area contributed by atoms with E-state index in [0.717, 1.165) is 11.3 Å². The van der Waals surface area contributed by atoms with Gasteiger partial charge in [-0.1, -0.05) is 23.2 Å². The van der Waals surface area contributed by atoms with Crippen molar-refractivity contribution in [3.63, 3.8) is 0 Å². The topological polar surface area (TPSA) is 79.5 Å². The van der Waals surface area contributed by atoms with Crippen molar-refractivity contribution in [2.45, 2.75) is 6.54 Å². The second-order valence-corrected chi connectivity index (χ2v) is 5.78. The molecule has 2 rings (SSSR count). The second-order valence-electron chi connectivity index (χ2n) is 3.49. The average molecular weight is 320 g/mol. The van der Waals surface area contributed by atoms with Crippen LogP contribution < -0.4 is 5.32 Å². The Kier molecular flexibility index (Phi) is 4.14. The molecule has 100 valence electrons. The second kappa shape index (κ2) is 5.64. The molecule has 0 bridgehead atoms. The van der Waals surface area contributed by atoms with E-state index in [2.05, 4.69) is 5.32 Å². The molecule has 1 amide bonds. The quantitative estimate of drug-likeness (QED) is 0.906. The van der Waals surface area contributed by atoms with Gasteiger partial charge in [0.1, 0.15) is 10.1 Å². The summed E-state index contributed by atoms with van der Waals surface area (Å²) in [6, 6.07) is 4.26. The molecular weight excluding hydrogens is 313 g/mol. The van der Waals surface area contributed by atoms with Crippen LogP contribution in [0.3, 0.4) is 0 Å². The van der Waals surface area contributed by atoms with E-state index in [1.165, 1.54) is 18.2 Å². The molecule has 0 unspecified atom stereocenters. The van der Waals surface area contributed by atoms with Gasteiger partial charge in [-0.15, -0.1) is 11.3 Å². The summed E-state index contributed by atoms with van der Waals surface area (Å²) in [5, 5.41) is 11.2. The average Bonchev–Trinajstić information content (AvgIpc) is 2.93. The van der Waals surface area contributed by atoms with E-state index in [4.69, 9.17) is 32.7 Å². The van der Waals surface area contributed by atoms with Crippen molar-refractivity contribution in [1.82, 2.24) is 5.32 Å². The number of carboxylic acids is 1. The van der Waals surface area contributed by atoms with Gasteiger partial charge in [0.2, 0.25) is 5.76 Å². The van der Waals surface area contributed by atoms with E-state index in [9.17, 15) is 9.59 Å². The van der Waals surface area contributed by atoms with Gasteiger partial charge in [-0.3, -0.25) is 4.79 Å². The van der Waals surface area contributed by atoms with Crippen LogP contribution in [0.25, 0.3) is 0 Å². The maximum atomic E-state index is 11.8. The highest BCUT2D eigenvalue weighted by Gasteiger charge is 2.15. The van der Waals surface area contributed by atoms with Gasteiger partial charge in [-0.25, -0.2) is 4.79 Å². The normalized spacial score (nSPS) is 10.4. The van der Waals surface area contributed by atoms with Crippen molar-refractivity contribution in [3.8, 4) is 0 Å². The van der Waals surface area contributed by atoms with Crippen LogP contribution >= 0.6 is 34.5 Å². The lowest BCUT2D eigenvalue weighted by Gasteiger charge is -2.01. The van der Waals surface area contributed by atoms with E-state index in [1.807, 2.05) is 0 Å². The predicted molar refractivity (Wildman–Crippen MR) is 71.2 cm³/mol. The molecule has 2 N–H and O–H groups in total. The fourth-order valence-electron chi connectivity index (χ4n) is 1.35. The van der Waals surface area contributed by atoms with E-state index in [0.29, 0.717) is 14.4 Å². The van der Waals surface area contributed by atoms with E-state index in [-0.39, 0.29) is 17.9 Å². The van der Waals surface area contributed by atoms with Gasteiger partial charge in [0, 0.05) is 0 Å². The molecule has 0 radical (unpaired) electrons. The molecule has 0 spiro atoms. The summed E-state index contributed by atoms with van der Waals surface area (Å²) in [5.74, 6) is -1.41. The number of carbonyl (C=O) groups excluding carboxylic acids is 1. The van der Waals surface area contributed by atoms with Gasteiger partial charge in [-0.2, -0.15) is 0 Å². The van der Waals surface area contributed by atoms with E-state index >= 15 is 0 Å². The third-order valence-electron chi connectivity index (χ3n) is 2.20. The van der Waals surface area contributed by atoms with Crippen molar-refractivity contribution in [2.75, 3.05) is 0 Å². The Morgan fingerprint density at radius 1 is 1.37 bits per heavy atom. The van der Waals surface area contributed by atoms with Crippen molar-refractivity contribution in [3.05, 3.63) is 44.0 Å². The number of amides is 1. The number of nitrogens with one attached hydrogen (secondary N) is 1. The minimum atomic E-state index is -1.16. The van der Waals surface area contributed by atoms with Crippen LogP contribution in [0.5, 0.6) is 0 Å². The van der Waals surface area contributed by atoms with Crippen LogP contribution in [0, 0.1) is 0 Å². The summed E-state index contributed by atoms with van der Waals surface area (Å²) in [5.41, 5.74) is 0.279. The van der Waals surface area contributed by atoms with Gasteiger partial charge in [-0.05, 0) is 18.2 Å². The van der Waals surface area contributed by atoms with Gasteiger partial charge >= 0.3 is 5.97 Å². The Hall–Kier alpha value is -1.50. The van der Waals surface area contributed by atoms with Crippen molar-refractivity contribution < 1.29 is 19.1 Å². The van der Waals surface area contributed by atoms with Crippen molar-refractivity contribution in [1.29, 1.82) is 0 Å². The number of hydrogen-bond donors (Lipinski definition) is 2. The SMILES string of the molecule is O=C(O)c1ccc(CNC(=O)c2cc(Cl)sc2Cl)o1. The summed E-state index contributed by atoms with van der Waals surface area (Å²) in [6.45, 7) is 0.0654. The fourth-order valence-corrected chi connectivity index (χ4v) is 2.80. The molecule has 8 heteroatoms. The Morgan fingerprint density at radius 2 is 2.11 bits per heavy atom. The molecule has 0 saturated carbocycles. The summed E-state index contributed by atoms with van der Waals surface area (Å²) in [7, 11) is 0. The number of furan rings is 1. The summed E-state index contributed by atoms with van der Waals surface area (Å²) < 4.78 is 5.71. The van der Waals surface area contributed by atoms with Gasteiger partial charge < -0.3 is 14.8 Å². The third-order valence-corrected chi connectivity index (χ3v) is 3.68. The highest BCUT2D eigenvalue weighted by atomic mass is 35.5. The zero-order valence-electron chi connectivity index (χ0n) is 9.28. The monoisotopic (exact) mass is 319 g/mol. The molecule has 0 aliphatic rings. The number of thiophene rings is 1. The van der Waals surface area contributed by atoms with Crippen LogP contribution in [-0.2, 0) is 6.54 Å². The highest BCUT2D eigenvalue weighted by Crippen LogP contribution is 2.30. The molecule has 0 saturated heterocycles. The minimum absolute atomic E-state index is 0.0654. The molecule has 0 fully saturated rings. The predicted octanol–water partition coefficient (Wildman–Crippen LogP) is 3.28. The lowest BCUT2D eigenvalue weighted by atomic mass is 10.3. The molecule has 2 aromatic rings. The molecular formula is C11H7Cl2NO4S. The molecule has 0 atom stereocenters. The molecule has 0 aliphatic carbocycles. The maximum absolute atomic E-state index is 11.8. The number of halogens is 2. The summed E-state index contributed by atoms with van der Waals surface area (Å²) in [4.78, 5) is 22.4. The number of carboxylic acid groups (broad SMARTS) is 1. The van der Waals surface area contributed by atoms with Gasteiger partial charge in [0.05, 0.1) is 16.4 Å². The van der Waals surface area contributed by atoms with Gasteiger partial charge in [0.25, 0.3) is 5.91 Å². The molecule has 19 heavy (non-hydrogen) atoms. The standard InChI is InChI=1S/C11H7Cl2NO4S/c12-8-3-6(9(13)19-8)10(15)14-4-5-1-2-7(18-5)11(16)17/h1-3H,4H2,(H,14,15)(H,16,17). The van der Waals surface area contributed by atoms with E-state index in [1.54, 1.807) is 0 Å². The zero-order chi connectivity index (χ0) is 14.0. The molecule has 2 heterocycles. The molecule has 0 aromatic carbocycles. The molecule has 2 aromatic heterocycles. The minimum Gasteiger partial charge on any atom is -0.475 e. The van der Waals surface area contributed by atoms with Crippen LogP contribution in [0.4, 0.5) is 0 Å². The number of carbonyl (C=O) groups is 2. The number of aromatic carboxylic acids is 1. The Labute approximate surface area is 121 Å². The zero-order valence-corrected chi connectivity index (χ0v) is 11.6. The van der Waals surface area contributed by atoms with Crippen molar-refractivity contribution in [2.24, 2.45) is 0 Å². The van der Waals surface area contributed by atoms with Crippen LogP contribution in [0.2, 0.25) is 8.67 Å². The van der Waals surface area contributed by atoms with Crippen molar-refractivity contribution >= 4 is 46.4 Å². The highest BCUT2D eigenvalue weighted by molar-refractivity contribution is 7.20. The summed E-state index contributed by atoms with van der Waals surface area (Å²) >= 11 is 12.7. The Morgan fingerprint density at radius 3 is 2.63 bits per heavy atom. The third kappa shape index (κ3) is 3.28. The Balaban J connectivity index is 2.00. The Bertz CT molecular complexity index is 634. The maximum Gasteiger partial charge on any atom is 0.371 e. The lowest BCUT2D eigenvalue weighted by molar-refractivity contribution is 0.0660. The first-order valence-electron chi connectivity index (χ1n) is 5.02. The smallest absolute Gasteiger partial charge is 0.371 e. The number of rotatable bonds is 4. The number of hydrogen-bond acceptors (Lipinski definition) is 4. The lowest BCUT2D eigenvalue weighted by Crippen LogP contribution is -2.22. The first-order valence-corrected chi connectivity index (χ1v) is 6.59. The van der Waals surface area contributed by atoms with Crippen LogP contribution in [-0.4, -0.2) is 17.0 Å². The molecule has 0 aliphatic heterocycles.